The smallest absolute Gasteiger partial charge is 0.227 e. The molecule has 4 rings (SSSR count). The number of nitrogens with zero attached hydrogens (tertiary/aromatic N) is 1. The lowest BCUT2D eigenvalue weighted by Crippen LogP contribution is -2.11. The van der Waals surface area contributed by atoms with Crippen molar-refractivity contribution in [3.8, 4) is 23.0 Å². The van der Waals surface area contributed by atoms with Gasteiger partial charge < -0.3 is 9.15 Å². The van der Waals surface area contributed by atoms with Gasteiger partial charge in [-0.25, -0.2) is 9.37 Å². The van der Waals surface area contributed by atoms with Crippen LogP contribution in [-0.4, -0.2) is 4.98 Å². The van der Waals surface area contributed by atoms with E-state index < -0.39 is 0 Å². The van der Waals surface area contributed by atoms with Crippen LogP contribution in [0.1, 0.15) is 26.3 Å². The summed E-state index contributed by atoms with van der Waals surface area (Å²) in [7, 11) is 0. The first-order valence-corrected chi connectivity index (χ1v) is 9.74. The highest BCUT2D eigenvalue weighted by Gasteiger charge is 2.19. The molecule has 0 radical (unpaired) electrons. The van der Waals surface area contributed by atoms with Gasteiger partial charge in [0.25, 0.3) is 0 Å². The minimum Gasteiger partial charge on any atom is -0.456 e. The lowest BCUT2D eigenvalue weighted by Gasteiger charge is -2.21. The fourth-order valence-electron chi connectivity index (χ4n) is 2.86. The van der Waals surface area contributed by atoms with Crippen LogP contribution >= 0.6 is 15.9 Å². The number of hydrogen-bond acceptors (Lipinski definition) is 3. The molecule has 4 aromatic rings. The maximum Gasteiger partial charge on any atom is 0.227 e. The van der Waals surface area contributed by atoms with Crippen molar-refractivity contribution in [2.45, 2.75) is 26.2 Å². The van der Waals surface area contributed by atoms with Crippen molar-refractivity contribution in [1.82, 2.24) is 4.98 Å². The average Bonchev–Trinajstić information content (AvgIpc) is 3.09. The molecule has 0 saturated carbocycles. The quantitative estimate of drug-likeness (QED) is 0.331. The van der Waals surface area contributed by atoms with Gasteiger partial charge in [0.2, 0.25) is 5.89 Å². The molecular weight excluding hydrogens is 421 g/mol. The molecule has 1 aromatic heterocycles. The average molecular weight is 440 g/mol. The van der Waals surface area contributed by atoms with Crippen molar-refractivity contribution in [3.63, 3.8) is 0 Å². The Labute approximate surface area is 171 Å². The lowest BCUT2D eigenvalue weighted by atomic mass is 9.87. The zero-order valence-corrected chi connectivity index (χ0v) is 17.4. The second-order valence-corrected chi connectivity index (χ2v) is 8.43. The SMILES string of the molecule is CC(C)(C)c1cc(F)c(Br)c(Oc2ccc(-c3nc4ccccc4o3)cc2)c1. The normalized spacial score (nSPS) is 11.8. The molecule has 0 saturated heterocycles. The van der Waals surface area contributed by atoms with Crippen LogP contribution in [0, 0.1) is 5.82 Å². The van der Waals surface area contributed by atoms with Crippen LogP contribution in [0.15, 0.2) is 69.6 Å². The monoisotopic (exact) mass is 439 g/mol. The Kier molecular flexibility index (Phi) is 4.71. The molecule has 0 aliphatic rings. The molecule has 1 heterocycles. The van der Waals surface area contributed by atoms with Crippen LogP contribution in [0.3, 0.4) is 0 Å². The molecular formula is C23H19BrFNO2. The minimum absolute atomic E-state index is 0.184. The van der Waals surface area contributed by atoms with E-state index in [1.165, 1.54) is 6.07 Å². The molecule has 0 N–H and O–H groups in total. The van der Waals surface area contributed by atoms with E-state index in [0.717, 1.165) is 22.2 Å². The van der Waals surface area contributed by atoms with E-state index in [-0.39, 0.29) is 11.2 Å². The molecule has 142 valence electrons. The molecule has 0 aliphatic carbocycles. The predicted molar refractivity (Wildman–Crippen MR) is 112 cm³/mol. The Morgan fingerprint density at radius 2 is 1.71 bits per heavy atom. The number of fused-ring (bicyclic) bond motifs is 1. The Hall–Kier alpha value is -2.66. The summed E-state index contributed by atoms with van der Waals surface area (Å²) in [4.78, 5) is 4.50. The Balaban J connectivity index is 1.62. The van der Waals surface area contributed by atoms with Gasteiger partial charge in [0.05, 0.1) is 4.47 Å². The van der Waals surface area contributed by atoms with E-state index in [1.807, 2.05) is 75.4 Å². The van der Waals surface area contributed by atoms with E-state index >= 15 is 0 Å². The van der Waals surface area contributed by atoms with Gasteiger partial charge in [0, 0.05) is 5.56 Å². The molecule has 0 spiro atoms. The van der Waals surface area contributed by atoms with Crippen LogP contribution in [0.5, 0.6) is 11.5 Å². The third kappa shape index (κ3) is 3.67. The summed E-state index contributed by atoms with van der Waals surface area (Å²) >= 11 is 3.28. The number of hydrogen-bond donors (Lipinski definition) is 0. The summed E-state index contributed by atoms with van der Waals surface area (Å²) in [5.41, 5.74) is 3.09. The summed E-state index contributed by atoms with van der Waals surface area (Å²) < 4.78 is 26.3. The Morgan fingerprint density at radius 1 is 1.00 bits per heavy atom. The van der Waals surface area contributed by atoms with Crippen molar-refractivity contribution < 1.29 is 13.5 Å². The van der Waals surface area contributed by atoms with E-state index in [2.05, 4.69) is 20.9 Å². The standard InChI is InChI=1S/C23H19BrFNO2/c1-23(2,3)15-12-17(25)21(24)20(13-15)27-16-10-8-14(9-11-16)22-26-18-6-4-5-7-19(18)28-22/h4-13H,1-3H3. The molecule has 5 heteroatoms. The van der Waals surface area contributed by atoms with Crippen molar-refractivity contribution >= 4 is 27.0 Å². The second kappa shape index (κ2) is 7.06. The first kappa shape index (κ1) is 18.7. The van der Waals surface area contributed by atoms with Gasteiger partial charge in [-0.3, -0.25) is 0 Å². The summed E-state index contributed by atoms with van der Waals surface area (Å²) in [6.07, 6.45) is 0. The molecule has 0 atom stereocenters. The minimum atomic E-state index is -0.342. The topological polar surface area (TPSA) is 35.3 Å². The van der Waals surface area contributed by atoms with E-state index in [4.69, 9.17) is 9.15 Å². The maximum absolute atomic E-state index is 14.3. The Morgan fingerprint density at radius 3 is 2.39 bits per heavy atom. The lowest BCUT2D eigenvalue weighted by molar-refractivity contribution is 0.466. The number of rotatable bonds is 3. The number of ether oxygens (including phenoxy) is 1. The highest BCUT2D eigenvalue weighted by molar-refractivity contribution is 9.10. The van der Waals surface area contributed by atoms with Gasteiger partial charge in [-0.2, -0.15) is 0 Å². The van der Waals surface area contributed by atoms with Gasteiger partial charge in [-0.1, -0.05) is 32.9 Å². The maximum atomic E-state index is 14.3. The molecule has 0 amide bonds. The summed E-state index contributed by atoms with van der Waals surface area (Å²) in [5, 5.41) is 0. The fraction of sp³-hybridized carbons (Fsp3) is 0.174. The molecule has 0 bridgehead atoms. The molecule has 0 aliphatic heterocycles. The molecule has 28 heavy (non-hydrogen) atoms. The molecule has 0 unspecified atom stereocenters. The zero-order chi connectivity index (χ0) is 19.9. The summed E-state index contributed by atoms with van der Waals surface area (Å²) in [5.74, 6) is 1.26. The highest BCUT2D eigenvalue weighted by Crippen LogP contribution is 2.37. The van der Waals surface area contributed by atoms with Crippen LogP contribution in [0.25, 0.3) is 22.6 Å². The van der Waals surface area contributed by atoms with Crippen LogP contribution in [0.2, 0.25) is 0 Å². The van der Waals surface area contributed by atoms with Crippen molar-refractivity contribution in [2.75, 3.05) is 0 Å². The zero-order valence-electron chi connectivity index (χ0n) is 15.8. The third-order valence-corrected chi connectivity index (χ3v) is 5.25. The number of aromatic nitrogens is 1. The molecule has 0 fully saturated rings. The third-order valence-electron chi connectivity index (χ3n) is 4.48. The van der Waals surface area contributed by atoms with E-state index in [1.54, 1.807) is 0 Å². The van der Waals surface area contributed by atoms with E-state index in [0.29, 0.717) is 21.9 Å². The number of benzene rings is 3. The fourth-order valence-corrected chi connectivity index (χ4v) is 3.17. The van der Waals surface area contributed by atoms with Crippen LogP contribution in [0.4, 0.5) is 4.39 Å². The highest BCUT2D eigenvalue weighted by atomic mass is 79.9. The number of oxazole rings is 1. The first-order chi connectivity index (χ1) is 13.3. The van der Waals surface area contributed by atoms with Gasteiger partial charge >= 0.3 is 0 Å². The van der Waals surface area contributed by atoms with Crippen LogP contribution < -0.4 is 4.74 Å². The van der Waals surface area contributed by atoms with Crippen molar-refractivity contribution in [1.29, 1.82) is 0 Å². The number of halogens is 2. The molecule has 3 nitrogen and oxygen atoms in total. The van der Waals surface area contributed by atoms with Crippen molar-refractivity contribution in [2.24, 2.45) is 0 Å². The molecule has 3 aromatic carbocycles. The summed E-state index contributed by atoms with van der Waals surface area (Å²) in [6.45, 7) is 6.11. The van der Waals surface area contributed by atoms with Gasteiger partial charge in [0.15, 0.2) is 5.58 Å². The summed E-state index contributed by atoms with van der Waals surface area (Å²) in [6, 6.07) is 18.4. The van der Waals surface area contributed by atoms with Gasteiger partial charge in [-0.05, 0) is 75.4 Å². The first-order valence-electron chi connectivity index (χ1n) is 8.95. The van der Waals surface area contributed by atoms with Gasteiger partial charge in [0.1, 0.15) is 22.8 Å². The number of para-hydroxylation sites is 2. The van der Waals surface area contributed by atoms with Crippen LogP contribution in [-0.2, 0) is 5.41 Å². The predicted octanol–water partition coefficient (Wildman–Crippen LogP) is 7.49. The second-order valence-electron chi connectivity index (χ2n) is 7.63. The van der Waals surface area contributed by atoms with Gasteiger partial charge in [-0.15, -0.1) is 0 Å². The van der Waals surface area contributed by atoms with E-state index in [9.17, 15) is 4.39 Å². The van der Waals surface area contributed by atoms with Crippen molar-refractivity contribution in [3.05, 3.63) is 76.5 Å². The largest absolute Gasteiger partial charge is 0.456 e. The Bertz CT molecular complexity index is 1110.